The Morgan fingerprint density at radius 1 is 1.29 bits per heavy atom. The van der Waals surface area contributed by atoms with Gasteiger partial charge in [-0.15, -0.1) is 0 Å². The Morgan fingerprint density at radius 2 is 1.97 bits per heavy atom. The molecule has 0 fully saturated rings. The normalized spacial score (nSPS) is 12.5. The van der Waals surface area contributed by atoms with Crippen molar-refractivity contribution >= 4 is 17.3 Å². The lowest BCUT2D eigenvalue weighted by atomic mass is 9.97. The second kappa shape index (κ2) is 7.91. The molecule has 2 aromatic heterocycles. The predicted octanol–water partition coefficient (Wildman–Crippen LogP) is 3.99. The summed E-state index contributed by atoms with van der Waals surface area (Å²) in [6.45, 7) is 8.55. The third-order valence-corrected chi connectivity index (χ3v) is 5.42. The topological polar surface area (TPSA) is 104 Å². The summed E-state index contributed by atoms with van der Waals surface area (Å²) in [4.78, 5) is 30.0. The number of imidazole rings is 1. The molecule has 0 aliphatic carbocycles. The van der Waals surface area contributed by atoms with Gasteiger partial charge < -0.3 is 10.0 Å². The molecule has 3 aromatic rings. The van der Waals surface area contributed by atoms with Crippen molar-refractivity contribution in [3.8, 4) is 17.3 Å². The van der Waals surface area contributed by atoms with Crippen molar-refractivity contribution in [3.63, 3.8) is 0 Å². The van der Waals surface area contributed by atoms with Crippen LogP contribution in [-0.2, 0) is 13.6 Å². The van der Waals surface area contributed by atoms with E-state index in [1.807, 2.05) is 6.07 Å². The Kier molecular flexibility index (Phi) is 5.64. The number of nitrogens with zero attached hydrogens (tertiary/aromatic N) is 5. The first-order chi connectivity index (χ1) is 14.4. The maximum atomic E-state index is 12.8. The van der Waals surface area contributed by atoms with E-state index in [2.05, 4.69) is 26.8 Å². The molecule has 8 nitrogen and oxygen atoms in total. The van der Waals surface area contributed by atoms with Crippen molar-refractivity contribution in [1.82, 2.24) is 19.0 Å². The van der Waals surface area contributed by atoms with Crippen LogP contribution in [0, 0.1) is 16.7 Å². The minimum absolute atomic E-state index is 0.0780. The monoisotopic (exact) mass is 421 g/mol. The Morgan fingerprint density at radius 3 is 2.55 bits per heavy atom. The first-order valence-corrected chi connectivity index (χ1v) is 10.0. The van der Waals surface area contributed by atoms with Crippen LogP contribution in [0.4, 0.5) is 4.79 Å². The number of fused-ring (bicyclic) bond motifs is 1. The molecule has 0 aliphatic heterocycles. The van der Waals surface area contributed by atoms with Crippen LogP contribution >= 0.6 is 0 Å². The van der Waals surface area contributed by atoms with Crippen LogP contribution in [-0.4, -0.2) is 37.3 Å². The fourth-order valence-corrected chi connectivity index (χ4v) is 3.57. The number of pyridine rings is 1. The van der Waals surface area contributed by atoms with E-state index in [-0.39, 0.29) is 11.1 Å². The van der Waals surface area contributed by atoms with Crippen molar-refractivity contribution in [3.05, 3.63) is 51.9 Å². The third-order valence-electron chi connectivity index (χ3n) is 5.42. The number of aromatic nitrogens is 3. The van der Waals surface area contributed by atoms with E-state index >= 15 is 0 Å². The minimum Gasteiger partial charge on any atom is -0.465 e. The second-order valence-corrected chi connectivity index (χ2v) is 9.01. The zero-order chi connectivity index (χ0) is 23.1. The van der Waals surface area contributed by atoms with Crippen LogP contribution in [0.15, 0.2) is 35.1 Å². The number of benzene rings is 1. The maximum absolute atomic E-state index is 12.8. The molecule has 0 unspecified atom stereocenters. The van der Waals surface area contributed by atoms with E-state index in [4.69, 9.17) is 4.98 Å². The highest BCUT2D eigenvalue weighted by molar-refractivity contribution is 5.78. The highest BCUT2D eigenvalue weighted by atomic mass is 16.4. The number of carboxylic acid groups (broad SMARTS) is 1. The summed E-state index contributed by atoms with van der Waals surface area (Å²) in [6, 6.07) is 10.6. The smallest absolute Gasteiger partial charge is 0.407 e. The van der Waals surface area contributed by atoms with E-state index in [0.29, 0.717) is 29.0 Å². The van der Waals surface area contributed by atoms with Crippen molar-refractivity contribution < 1.29 is 9.90 Å². The Labute approximate surface area is 181 Å². The van der Waals surface area contributed by atoms with Crippen LogP contribution < -0.4 is 5.69 Å². The minimum atomic E-state index is -1.03. The molecular formula is C23H27N5O3. The molecule has 8 heteroatoms. The Balaban J connectivity index is 2.17. The summed E-state index contributed by atoms with van der Waals surface area (Å²) in [5, 5.41) is 18.9. The summed E-state index contributed by atoms with van der Waals surface area (Å²) in [7, 11) is 3.19. The van der Waals surface area contributed by atoms with Gasteiger partial charge in [0.25, 0.3) is 0 Å². The van der Waals surface area contributed by atoms with Crippen molar-refractivity contribution in [2.24, 2.45) is 12.5 Å². The van der Waals surface area contributed by atoms with E-state index in [1.54, 1.807) is 42.8 Å². The van der Waals surface area contributed by atoms with E-state index in [9.17, 15) is 20.0 Å². The van der Waals surface area contributed by atoms with E-state index in [1.165, 1.54) is 16.5 Å². The molecule has 2 heterocycles. The quantitative estimate of drug-likeness (QED) is 0.686. The fraction of sp³-hybridized carbons (Fsp3) is 0.391. The molecule has 0 radical (unpaired) electrons. The SMILES string of the molecule is C[C@H](c1ccc(C#N)c(-c2ccc3c(n2)n(C)c(=O)n3CC(C)(C)C)c1)N(C)C(=O)O. The van der Waals surface area contributed by atoms with Gasteiger partial charge >= 0.3 is 11.8 Å². The molecule has 0 bridgehead atoms. The Bertz CT molecular complexity index is 1260. The molecule has 3 rings (SSSR count). The summed E-state index contributed by atoms with van der Waals surface area (Å²) in [5.41, 5.74) is 3.39. The van der Waals surface area contributed by atoms with Gasteiger partial charge in [-0.3, -0.25) is 9.13 Å². The number of nitriles is 1. The van der Waals surface area contributed by atoms with Crippen LogP contribution in [0.2, 0.25) is 0 Å². The van der Waals surface area contributed by atoms with Gasteiger partial charge in [0, 0.05) is 26.2 Å². The summed E-state index contributed by atoms with van der Waals surface area (Å²) < 4.78 is 3.24. The number of amides is 1. The molecule has 1 atom stereocenters. The summed E-state index contributed by atoms with van der Waals surface area (Å²) in [5.74, 6) is 0. The second-order valence-electron chi connectivity index (χ2n) is 9.01. The molecule has 0 saturated carbocycles. The van der Waals surface area contributed by atoms with Gasteiger partial charge in [0.05, 0.1) is 28.9 Å². The van der Waals surface area contributed by atoms with Gasteiger partial charge in [0.2, 0.25) is 0 Å². The summed E-state index contributed by atoms with van der Waals surface area (Å²) >= 11 is 0. The van der Waals surface area contributed by atoms with Crippen molar-refractivity contribution in [1.29, 1.82) is 5.26 Å². The first kappa shape index (κ1) is 22.1. The van der Waals surface area contributed by atoms with Gasteiger partial charge in [-0.1, -0.05) is 26.8 Å². The molecule has 0 spiro atoms. The van der Waals surface area contributed by atoms with Gasteiger partial charge in [0.15, 0.2) is 5.65 Å². The largest absolute Gasteiger partial charge is 0.465 e. The number of aryl methyl sites for hydroxylation is 1. The standard InChI is InChI=1S/C23H27N5O3/c1-14(26(5)22(30)31)15-7-8-16(12-24)17(11-15)18-9-10-19-20(25-18)27(6)21(29)28(19)13-23(2,3)4/h7-11,14H,13H2,1-6H3,(H,30,31)/t14-/m1/s1. The molecule has 0 aliphatic rings. The fourth-order valence-electron chi connectivity index (χ4n) is 3.57. The lowest BCUT2D eigenvalue weighted by molar-refractivity contribution is 0.142. The average Bonchev–Trinajstić information content (AvgIpc) is 2.95. The van der Waals surface area contributed by atoms with Gasteiger partial charge in [-0.25, -0.2) is 14.6 Å². The molecule has 1 aromatic carbocycles. The highest BCUT2D eigenvalue weighted by Crippen LogP contribution is 2.29. The zero-order valence-corrected chi connectivity index (χ0v) is 18.7. The lowest BCUT2D eigenvalue weighted by Crippen LogP contribution is -2.27. The molecule has 0 saturated heterocycles. The zero-order valence-electron chi connectivity index (χ0n) is 18.7. The van der Waals surface area contributed by atoms with Crippen molar-refractivity contribution in [2.75, 3.05) is 7.05 Å². The van der Waals surface area contributed by atoms with E-state index < -0.39 is 12.1 Å². The predicted molar refractivity (Wildman–Crippen MR) is 119 cm³/mol. The van der Waals surface area contributed by atoms with Crippen LogP contribution in [0.5, 0.6) is 0 Å². The average molecular weight is 422 g/mol. The van der Waals surface area contributed by atoms with Crippen LogP contribution in [0.1, 0.15) is 44.9 Å². The number of hydrogen-bond donors (Lipinski definition) is 1. The van der Waals surface area contributed by atoms with E-state index in [0.717, 1.165) is 11.1 Å². The van der Waals surface area contributed by atoms with Gasteiger partial charge in [-0.2, -0.15) is 5.26 Å². The molecule has 162 valence electrons. The molecule has 1 N–H and O–H groups in total. The van der Waals surface area contributed by atoms with Crippen molar-refractivity contribution in [2.45, 2.75) is 40.3 Å². The lowest BCUT2D eigenvalue weighted by Gasteiger charge is -2.23. The maximum Gasteiger partial charge on any atom is 0.407 e. The molecule has 31 heavy (non-hydrogen) atoms. The summed E-state index contributed by atoms with van der Waals surface area (Å²) in [6.07, 6.45) is -1.03. The first-order valence-electron chi connectivity index (χ1n) is 10.0. The third kappa shape index (κ3) is 4.17. The number of carbonyl (C=O) groups is 1. The number of hydrogen-bond acceptors (Lipinski definition) is 4. The van der Waals surface area contributed by atoms with Gasteiger partial charge in [-0.05, 0) is 42.2 Å². The van der Waals surface area contributed by atoms with Crippen LogP contribution in [0.3, 0.4) is 0 Å². The highest BCUT2D eigenvalue weighted by Gasteiger charge is 2.21. The van der Waals surface area contributed by atoms with Gasteiger partial charge in [0.1, 0.15) is 0 Å². The van der Waals surface area contributed by atoms with Crippen LogP contribution in [0.25, 0.3) is 22.4 Å². The molecular weight excluding hydrogens is 394 g/mol. The number of rotatable bonds is 4. The molecule has 1 amide bonds. The Hall–Kier alpha value is -3.60.